The summed E-state index contributed by atoms with van der Waals surface area (Å²) in [6.45, 7) is 0. The van der Waals surface area contributed by atoms with Gasteiger partial charge in [-0.15, -0.1) is 0 Å². The lowest BCUT2D eigenvalue weighted by Crippen LogP contribution is -2.00. The van der Waals surface area contributed by atoms with Crippen molar-refractivity contribution >= 4 is 43.5 Å². The topological polar surface area (TPSA) is 48.5 Å². The van der Waals surface area contributed by atoms with Crippen LogP contribution in [-0.2, 0) is 0 Å². The minimum Gasteiger partial charge on any atom is -0.317 e. The Bertz CT molecular complexity index is 2780. The van der Waals surface area contributed by atoms with Crippen molar-refractivity contribution in [2.75, 3.05) is 0 Å². The van der Waals surface area contributed by atoms with Crippen LogP contribution in [0.3, 0.4) is 0 Å². The minimum atomic E-state index is 0.641. The molecule has 10 rings (SSSR count). The van der Waals surface area contributed by atoms with Gasteiger partial charge in [-0.05, 0) is 77.5 Å². The lowest BCUT2D eigenvalue weighted by atomic mass is 10.0. The van der Waals surface area contributed by atoms with Crippen molar-refractivity contribution in [3.05, 3.63) is 176 Å². The number of aromatic nitrogens is 5. The second kappa shape index (κ2) is 11.4. The van der Waals surface area contributed by atoms with Gasteiger partial charge >= 0.3 is 0 Å². The van der Waals surface area contributed by atoms with E-state index in [9.17, 15) is 0 Å². The van der Waals surface area contributed by atoms with Crippen LogP contribution in [0.4, 0.5) is 0 Å². The molecule has 3 aromatic heterocycles. The first-order chi connectivity index (χ1) is 24.8. The molecule has 0 unspecified atom stereocenters. The third-order valence-corrected chi connectivity index (χ3v) is 9.60. The van der Waals surface area contributed by atoms with Gasteiger partial charge < -0.3 is 9.13 Å². The maximum absolute atomic E-state index is 4.95. The highest BCUT2D eigenvalue weighted by Crippen LogP contribution is 2.38. The number of benzene rings is 7. The summed E-state index contributed by atoms with van der Waals surface area (Å²) in [6.07, 6.45) is 2.17. The van der Waals surface area contributed by atoms with Crippen LogP contribution in [0.1, 0.15) is 0 Å². The van der Waals surface area contributed by atoms with Gasteiger partial charge in [0.2, 0.25) is 0 Å². The molecule has 5 nitrogen and oxygen atoms in total. The van der Waals surface area contributed by atoms with Crippen molar-refractivity contribution in [1.29, 1.82) is 0 Å². The third kappa shape index (κ3) is 4.60. The van der Waals surface area contributed by atoms with Crippen molar-refractivity contribution in [3.63, 3.8) is 0 Å². The summed E-state index contributed by atoms with van der Waals surface area (Å²) in [6, 6.07) is 59.4. The first kappa shape index (κ1) is 28.2. The molecule has 0 aliphatic carbocycles. The number of fused-ring (bicyclic) bond motifs is 6. The van der Waals surface area contributed by atoms with Crippen molar-refractivity contribution in [2.45, 2.75) is 0 Å². The van der Waals surface area contributed by atoms with Gasteiger partial charge in [-0.1, -0.05) is 103 Å². The zero-order chi connectivity index (χ0) is 33.0. The van der Waals surface area contributed by atoms with Crippen LogP contribution in [0.2, 0.25) is 0 Å². The Balaban J connectivity index is 1.13. The predicted octanol–water partition coefficient (Wildman–Crippen LogP) is 11.1. The Morgan fingerprint density at radius 1 is 0.340 bits per heavy atom. The molecular formula is C45H29N5. The Morgan fingerprint density at radius 2 is 0.900 bits per heavy atom. The van der Waals surface area contributed by atoms with E-state index >= 15 is 0 Å². The van der Waals surface area contributed by atoms with Crippen LogP contribution in [0.5, 0.6) is 0 Å². The molecule has 0 radical (unpaired) electrons. The van der Waals surface area contributed by atoms with Crippen molar-refractivity contribution < 1.29 is 0 Å². The third-order valence-electron chi connectivity index (χ3n) is 9.60. The summed E-state index contributed by atoms with van der Waals surface area (Å²) < 4.78 is 4.64. The van der Waals surface area contributed by atoms with Gasteiger partial charge in [0.1, 0.15) is 0 Å². The fraction of sp³-hybridized carbons (Fsp3) is 0. The first-order valence-electron chi connectivity index (χ1n) is 16.8. The molecule has 50 heavy (non-hydrogen) atoms. The van der Waals surface area contributed by atoms with Gasteiger partial charge in [0.05, 0.1) is 16.6 Å². The Kier molecular flexibility index (Phi) is 6.42. The molecule has 0 atom stereocenters. The summed E-state index contributed by atoms with van der Waals surface area (Å²) in [5.41, 5.74) is 8.60. The quantitative estimate of drug-likeness (QED) is 0.188. The van der Waals surface area contributed by atoms with E-state index in [1.54, 1.807) is 0 Å². The Morgan fingerprint density at radius 3 is 1.56 bits per heavy atom. The van der Waals surface area contributed by atoms with Gasteiger partial charge in [0, 0.05) is 50.4 Å². The average molecular weight is 640 g/mol. The second-order valence-electron chi connectivity index (χ2n) is 12.5. The maximum Gasteiger partial charge on any atom is 0.164 e. The zero-order valence-corrected chi connectivity index (χ0v) is 27.0. The Labute approximate surface area is 288 Å². The monoisotopic (exact) mass is 639 g/mol. The number of nitrogens with zero attached hydrogens (tertiary/aromatic N) is 5. The van der Waals surface area contributed by atoms with E-state index in [1.165, 1.54) is 43.5 Å². The predicted molar refractivity (Wildman–Crippen MR) is 205 cm³/mol. The molecule has 3 heterocycles. The average Bonchev–Trinajstić information content (AvgIpc) is 3.77. The fourth-order valence-electron chi connectivity index (χ4n) is 7.20. The van der Waals surface area contributed by atoms with Gasteiger partial charge in [0.15, 0.2) is 17.5 Å². The van der Waals surface area contributed by atoms with Gasteiger partial charge in [-0.25, -0.2) is 15.0 Å². The standard InChI is InChI=1S/C45H29N5/c1-4-12-30(13-5-1)43-46-44(31-14-6-2-7-15-31)48-45(47-43)32-20-23-35(24-21-32)50-41-19-11-10-18-36(41)39-28-33-22-25-40-37(38(33)29-42(39)50)26-27-49(40)34-16-8-3-9-17-34/h1-29H. The van der Waals surface area contributed by atoms with Crippen LogP contribution in [-0.4, -0.2) is 24.1 Å². The summed E-state index contributed by atoms with van der Waals surface area (Å²) in [7, 11) is 0. The van der Waals surface area contributed by atoms with E-state index in [4.69, 9.17) is 15.0 Å². The van der Waals surface area contributed by atoms with Crippen LogP contribution < -0.4 is 0 Å². The van der Waals surface area contributed by atoms with E-state index < -0.39 is 0 Å². The normalized spacial score (nSPS) is 11.6. The summed E-state index contributed by atoms with van der Waals surface area (Å²) >= 11 is 0. The van der Waals surface area contributed by atoms with Crippen molar-refractivity contribution in [2.24, 2.45) is 0 Å². The maximum atomic E-state index is 4.95. The SMILES string of the molecule is c1ccc(-c2nc(-c3ccccc3)nc(-c3ccc(-n4c5ccccc5c5cc6ccc7c(ccn7-c7ccccc7)c6cc54)cc3)n2)cc1. The molecule has 0 fully saturated rings. The molecule has 0 saturated carbocycles. The molecule has 0 aliphatic heterocycles. The molecule has 0 aliphatic rings. The van der Waals surface area contributed by atoms with E-state index in [1.807, 2.05) is 60.7 Å². The van der Waals surface area contributed by atoms with Gasteiger partial charge in [-0.3, -0.25) is 0 Å². The van der Waals surface area contributed by atoms with Crippen LogP contribution in [0.25, 0.3) is 89.0 Å². The van der Waals surface area contributed by atoms with Crippen LogP contribution in [0.15, 0.2) is 176 Å². The summed E-state index contributed by atoms with van der Waals surface area (Å²) in [4.78, 5) is 14.8. The van der Waals surface area contributed by atoms with E-state index in [0.29, 0.717) is 17.5 Å². The van der Waals surface area contributed by atoms with Crippen molar-refractivity contribution in [1.82, 2.24) is 24.1 Å². The van der Waals surface area contributed by atoms with Crippen LogP contribution >= 0.6 is 0 Å². The molecule has 0 N–H and O–H groups in total. The van der Waals surface area contributed by atoms with E-state index in [2.05, 4.69) is 125 Å². The molecule has 0 amide bonds. The highest BCUT2D eigenvalue weighted by Gasteiger charge is 2.17. The smallest absolute Gasteiger partial charge is 0.164 e. The minimum absolute atomic E-state index is 0.641. The number of rotatable bonds is 5. The van der Waals surface area contributed by atoms with Crippen molar-refractivity contribution in [3.8, 4) is 45.5 Å². The molecule has 5 heteroatoms. The molecule has 7 aromatic carbocycles. The molecule has 10 aromatic rings. The zero-order valence-electron chi connectivity index (χ0n) is 27.0. The van der Waals surface area contributed by atoms with Gasteiger partial charge in [-0.2, -0.15) is 0 Å². The highest BCUT2D eigenvalue weighted by atomic mass is 15.0. The number of hydrogen-bond acceptors (Lipinski definition) is 3. The molecular weight excluding hydrogens is 611 g/mol. The highest BCUT2D eigenvalue weighted by molar-refractivity contribution is 6.18. The largest absolute Gasteiger partial charge is 0.317 e. The molecule has 0 spiro atoms. The fourth-order valence-corrected chi connectivity index (χ4v) is 7.20. The lowest BCUT2D eigenvalue weighted by molar-refractivity contribution is 1.07. The lowest BCUT2D eigenvalue weighted by Gasteiger charge is -2.11. The molecule has 234 valence electrons. The number of hydrogen-bond donors (Lipinski definition) is 0. The summed E-state index contributed by atoms with van der Waals surface area (Å²) in [5, 5.41) is 6.16. The Hall–Kier alpha value is -6.85. The number of para-hydroxylation sites is 2. The van der Waals surface area contributed by atoms with Crippen LogP contribution in [0, 0.1) is 0 Å². The second-order valence-corrected chi connectivity index (χ2v) is 12.5. The van der Waals surface area contributed by atoms with Gasteiger partial charge in [0.25, 0.3) is 0 Å². The first-order valence-corrected chi connectivity index (χ1v) is 16.8. The van der Waals surface area contributed by atoms with E-state index in [-0.39, 0.29) is 0 Å². The molecule has 0 bridgehead atoms. The van der Waals surface area contributed by atoms with E-state index in [0.717, 1.165) is 28.1 Å². The summed E-state index contributed by atoms with van der Waals surface area (Å²) in [5.74, 6) is 1.95. The molecule has 0 saturated heterocycles.